The molecule has 0 aliphatic rings. The SMILES string of the molecule is COC(C)C(C)C(C)=O. The van der Waals surface area contributed by atoms with Crippen molar-refractivity contribution in [3.8, 4) is 0 Å². The molecule has 0 amide bonds. The second-order valence-corrected chi connectivity index (χ2v) is 2.34. The highest BCUT2D eigenvalue weighted by molar-refractivity contribution is 5.78. The molecular weight excluding hydrogens is 116 g/mol. The van der Waals surface area contributed by atoms with Gasteiger partial charge < -0.3 is 4.74 Å². The second kappa shape index (κ2) is 3.62. The fraction of sp³-hybridized carbons (Fsp3) is 0.857. The van der Waals surface area contributed by atoms with Gasteiger partial charge in [0, 0.05) is 13.0 Å². The number of ether oxygens (including phenoxy) is 1. The lowest BCUT2D eigenvalue weighted by atomic mass is 10.0. The Hall–Kier alpha value is -0.370. The van der Waals surface area contributed by atoms with E-state index in [2.05, 4.69) is 0 Å². The molecule has 54 valence electrons. The summed E-state index contributed by atoms with van der Waals surface area (Å²) >= 11 is 0. The zero-order valence-electron chi connectivity index (χ0n) is 6.47. The highest BCUT2D eigenvalue weighted by Crippen LogP contribution is 2.05. The highest BCUT2D eigenvalue weighted by Gasteiger charge is 2.14. The third kappa shape index (κ3) is 2.61. The Kier molecular flexibility index (Phi) is 3.47. The fourth-order valence-corrected chi connectivity index (χ4v) is 0.535. The molecule has 2 heteroatoms. The van der Waals surface area contributed by atoms with E-state index in [0.717, 1.165) is 0 Å². The smallest absolute Gasteiger partial charge is 0.135 e. The van der Waals surface area contributed by atoms with E-state index in [1.165, 1.54) is 0 Å². The summed E-state index contributed by atoms with van der Waals surface area (Å²) in [4.78, 5) is 10.7. The van der Waals surface area contributed by atoms with E-state index < -0.39 is 0 Å². The number of carbonyl (C=O) groups excluding carboxylic acids is 1. The van der Waals surface area contributed by atoms with Crippen LogP contribution < -0.4 is 0 Å². The van der Waals surface area contributed by atoms with Crippen LogP contribution in [0.2, 0.25) is 0 Å². The van der Waals surface area contributed by atoms with Crippen LogP contribution in [0.25, 0.3) is 0 Å². The van der Waals surface area contributed by atoms with Crippen molar-refractivity contribution in [3.05, 3.63) is 0 Å². The predicted octanol–water partition coefficient (Wildman–Crippen LogP) is 1.25. The molecule has 0 fully saturated rings. The van der Waals surface area contributed by atoms with Crippen LogP contribution in [0.15, 0.2) is 0 Å². The van der Waals surface area contributed by atoms with Gasteiger partial charge in [0.1, 0.15) is 5.78 Å². The quantitative estimate of drug-likeness (QED) is 0.574. The van der Waals surface area contributed by atoms with E-state index in [1.54, 1.807) is 14.0 Å². The summed E-state index contributed by atoms with van der Waals surface area (Å²) in [5, 5.41) is 0. The molecule has 0 aromatic rings. The number of Topliss-reactive ketones (excluding diaryl/α,β-unsaturated/α-hetero) is 1. The molecule has 9 heavy (non-hydrogen) atoms. The molecule has 0 heterocycles. The molecule has 0 aromatic carbocycles. The van der Waals surface area contributed by atoms with Crippen LogP contribution in [0, 0.1) is 5.92 Å². The van der Waals surface area contributed by atoms with Crippen molar-refractivity contribution in [2.45, 2.75) is 26.9 Å². The summed E-state index contributed by atoms with van der Waals surface area (Å²) in [6, 6.07) is 0. The Morgan fingerprint density at radius 2 is 1.89 bits per heavy atom. The molecular formula is C7H14O2. The predicted molar refractivity (Wildman–Crippen MR) is 36.3 cm³/mol. The number of hydrogen-bond donors (Lipinski definition) is 0. The van der Waals surface area contributed by atoms with Crippen LogP contribution in [0.4, 0.5) is 0 Å². The second-order valence-electron chi connectivity index (χ2n) is 2.34. The zero-order chi connectivity index (χ0) is 7.44. The van der Waals surface area contributed by atoms with Crippen LogP contribution in [0.5, 0.6) is 0 Å². The molecule has 0 N–H and O–H groups in total. The van der Waals surface area contributed by atoms with Gasteiger partial charge in [0.25, 0.3) is 0 Å². The Bertz CT molecular complexity index is 99.1. The number of hydrogen-bond acceptors (Lipinski definition) is 2. The summed E-state index contributed by atoms with van der Waals surface area (Å²) in [7, 11) is 1.62. The van der Waals surface area contributed by atoms with Crippen LogP contribution in [-0.4, -0.2) is 19.0 Å². The molecule has 0 aliphatic carbocycles. The molecule has 2 atom stereocenters. The Labute approximate surface area is 56.2 Å². The van der Waals surface area contributed by atoms with Crippen molar-refractivity contribution >= 4 is 5.78 Å². The average molecular weight is 130 g/mol. The van der Waals surface area contributed by atoms with Gasteiger partial charge in [0.15, 0.2) is 0 Å². The molecule has 0 saturated carbocycles. The molecule has 2 unspecified atom stereocenters. The van der Waals surface area contributed by atoms with Gasteiger partial charge in [0.2, 0.25) is 0 Å². The number of ketones is 1. The monoisotopic (exact) mass is 130 g/mol. The number of methoxy groups -OCH3 is 1. The first-order chi connectivity index (χ1) is 4.09. The standard InChI is InChI=1S/C7H14O2/c1-5(6(2)8)7(3)9-4/h5,7H,1-4H3. The molecule has 0 bridgehead atoms. The molecule has 0 saturated heterocycles. The fourth-order valence-electron chi connectivity index (χ4n) is 0.535. The van der Waals surface area contributed by atoms with E-state index in [4.69, 9.17) is 4.74 Å². The third-order valence-corrected chi connectivity index (χ3v) is 1.72. The van der Waals surface area contributed by atoms with Gasteiger partial charge in [0.05, 0.1) is 6.10 Å². The third-order valence-electron chi connectivity index (χ3n) is 1.72. The summed E-state index contributed by atoms with van der Waals surface area (Å²) in [6.45, 7) is 5.35. The highest BCUT2D eigenvalue weighted by atomic mass is 16.5. The number of carbonyl (C=O) groups is 1. The summed E-state index contributed by atoms with van der Waals surface area (Å²) < 4.78 is 4.95. The lowest BCUT2D eigenvalue weighted by molar-refractivity contribution is -0.123. The summed E-state index contributed by atoms with van der Waals surface area (Å²) in [6.07, 6.45) is 0.0440. The minimum Gasteiger partial charge on any atom is -0.381 e. The lowest BCUT2D eigenvalue weighted by Crippen LogP contribution is -2.22. The van der Waals surface area contributed by atoms with E-state index in [0.29, 0.717) is 0 Å². The van der Waals surface area contributed by atoms with Gasteiger partial charge in [-0.25, -0.2) is 0 Å². The largest absolute Gasteiger partial charge is 0.381 e. The van der Waals surface area contributed by atoms with Crippen molar-refractivity contribution < 1.29 is 9.53 Å². The molecule has 0 aromatic heterocycles. The van der Waals surface area contributed by atoms with Crippen molar-refractivity contribution in [1.82, 2.24) is 0 Å². The minimum absolute atomic E-state index is 0.0231. The van der Waals surface area contributed by atoms with Crippen molar-refractivity contribution in [1.29, 1.82) is 0 Å². The topological polar surface area (TPSA) is 26.3 Å². The van der Waals surface area contributed by atoms with Crippen molar-refractivity contribution in [3.63, 3.8) is 0 Å². The van der Waals surface area contributed by atoms with E-state index >= 15 is 0 Å². The molecule has 2 nitrogen and oxygen atoms in total. The van der Waals surface area contributed by atoms with Gasteiger partial charge in [-0.2, -0.15) is 0 Å². The average Bonchev–Trinajstić information content (AvgIpc) is 1.84. The van der Waals surface area contributed by atoms with Crippen molar-refractivity contribution in [2.24, 2.45) is 5.92 Å². The van der Waals surface area contributed by atoms with Crippen LogP contribution >= 0.6 is 0 Å². The minimum atomic E-state index is 0.0231. The van der Waals surface area contributed by atoms with Gasteiger partial charge in [-0.05, 0) is 13.8 Å². The molecule has 0 aliphatic heterocycles. The maximum atomic E-state index is 10.7. The van der Waals surface area contributed by atoms with Gasteiger partial charge in [-0.1, -0.05) is 6.92 Å². The van der Waals surface area contributed by atoms with E-state index in [-0.39, 0.29) is 17.8 Å². The zero-order valence-corrected chi connectivity index (χ0v) is 6.47. The van der Waals surface area contributed by atoms with Crippen LogP contribution in [0.1, 0.15) is 20.8 Å². The number of rotatable bonds is 3. The van der Waals surface area contributed by atoms with E-state index in [9.17, 15) is 4.79 Å². The van der Waals surface area contributed by atoms with Crippen molar-refractivity contribution in [2.75, 3.05) is 7.11 Å². The molecule has 0 rings (SSSR count). The maximum Gasteiger partial charge on any atom is 0.135 e. The van der Waals surface area contributed by atoms with E-state index in [1.807, 2.05) is 13.8 Å². The Morgan fingerprint density at radius 3 is 2.00 bits per heavy atom. The van der Waals surface area contributed by atoms with Crippen LogP contribution in [0.3, 0.4) is 0 Å². The Morgan fingerprint density at radius 1 is 1.44 bits per heavy atom. The van der Waals surface area contributed by atoms with Gasteiger partial charge in [-0.15, -0.1) is 0 Å². The van der Waals surface area contributed by atoms with Gasteiger partial charge in [-0.3, -0.25) is 4.79 Å². The first kappa shape index (κ1) is 8.63. The Balaban J connectivity index is 3.72. The lowest BCUT2D eigenvalue weighted by Gasteiger charge is -2.14. The van der Waals surface area contributed by atoms with Crippen LogP contribution in [-0.2, 0) is 9.53 Å². The molecule has 0 radical (unpaired) electrons. The maximum absolute atomic E-state index is 10.7. The first-order valence-corrected chi connectivity index (χ1v) is 3.12. The van der Waals surface area contributed by atoms with Gasteiger partial charge >= 0.3 is 0 Å². The molecule has 0 spiro atoms. The summed E-state index contributed by atoms with van der Waals surface area (Å²) in [5.41, 5.74) is 0. The normalized spacial score (nSPS) is 16.9. The summed E-state index contributed by atoms with van der Waals surface area (Å²) in [5.74, 6) is 0.208. The first-order valence-electron chi connectivity index (χ1n) is 3.12.